The second-order valence-corrected chi connectivity index (χ2v) is 9.77. The van der Waals surface area contributed by atoms with Crippen LogP contribution in [0.5, 0.6) is 5.75 Å². The fourth-order valence-corrected chi connectivity index (χ4v) is 4.96. The van der Waals surface area contributed by atoms with Gasteiger partial charge in [0, 0.05) is 16.5 Å². The van der Waals surface area contributed by atoms with E-state index in [-0.39, 0.29) is 24.2 Å². The lowest BCUT2D eigenvalue weighted by Gasteiger charge is -2.31. The lowest BCUT2D eigenvalue weighted by molar-refractivity contribution is -0.172. The van der Waals surface area contributed by atoms with Crippen LogP contribution in [0.2, 0.25) is 0 Å². The summed E-state index contributed by atoms with van der Waals surface area (Å²) in [5, 5.41) is 12.0. The number of ether oxygens (including phenoxy) is 2. The minimum Gasteiger partial charge on any atom is -0.488 e. The summed E-state index contributed by atoms with van der Waals surface area (Å²) < 4.78 is 12.9. The molecule has 0 unspecified atom stereocenters. The van der Waals surface area contributed by atoms with E-state index < -0.39 is 11.6 Å². The van der Waals surface area contributed by atoms with E-state index in [0.29, 0.717) is 23.4 Å². The first-order valence-electron chi connectivity index (χ1n) is 11.4. The van der Waals surface area contributed by atoms with Crippen LogP contribution in [0, 0.1) is 0 Å². The predicted octanol–water partition coefficient (Wildman–Crippen LogP) is 3.82. The van der Waals surface area contributed by atoms with Gasteiger partial charge in [0.1, 0.15) is 18.0 Å². The summed E-state index contributed by atoms with van der Waals surface area (Å²) in [4.78, 5) is 30.7. The average Bonchev–Trinajstić information content (AvgIpc) is 3.12. The Morgan fingerprint density at radius 1 is 1.18 bits per heavy atom. The van der Waals surface area contributed by atoms with Gasteiger partial charge in [-0.3, -0.25) is 4.79 Å². The van der Waals surface area contributed by atoms with E-state index in [9.17, 15) is 14.7 Å². The molecule has 33 heavy (non-hydrogen) atoms. The number of hydrogen-bond donors (Lipinski definition) is 1. The maximum atomic E-state index is 13.4. The van der Waals surface area contributed by atoms with Gasteiger partial charge < -0.3 is 19.1 Å². The van der Waals surface area contributed by atoms with E-state index >= 15 is 0 Å². The molecule has 0 fully saturated rings. The zero-order valence-electron chi connectivity index (χ0n) is 19.6. The first kappa shape index (κ1) is 21.6. The van der Waals surface area contributed by atoms with Crippen molar-refractivity contribution >= 4 is 16.9 Å². The molecule has 5 rings (SSSR count). The molecule has 0 saturated carbocycles. The summed E-state index contributed by atoms with van der Waals surface area (Å²) in [5.74, 6) is 0.0606. The Labute approximate surface area is 192 Å². The Hall–Kier alpha value is -3.19. The van der Waals surface area contributed by atoms with Crippen molar-refractivity contribution < 1.29 is 19.4 Å². The third-order valence-electron chi connectivity index (χ3n) is 6.55. The molecule has 0 aliphatic carbocycles. The molecular formula is C26H28N2O5. The predicted molar refractivity (Wildman–Crippen MR) is 124 cm³/mol. The van der Waals surface area contributed by atoms with Gasteiger partial charge in [0.05, 0.1) is 29.0 Å². The van der Waals surface area contributed by atoms with E-state index in [1.165, 1.54) is 0 Å². The Balaban J connectivity index is 1.74. The van der Waals surface area contributed by atoms with Crippen LogP contribution in [-0.2, 0) is 34.7 Å². The maximum Gasteiger partial charge on any atom is 0.343 e. The molecule has 2 aliphatic heterocycles. The van der Waals surface area contributed by atoms with Crippen LogP contribution in [0.25, 0.3) is 22.3 Å². The van der Waals surface area contributed by atoms with Gasteiger partial charge in [-0.15, -0.1) is 0 Å². The van der Waals surface area contributed by atoms with Crippen LogP contribution >= 0.6 is 0 Å². The largest absolute Gasteiger partial charge is 0.488 e. The van der Waals surface area contributed by atoms with Gasteiger partial charge in [-0.2, -0.15) is 0 Å². The lowest BCUT2D eigenvalue weighted by atomic mass is 9.86. The molecule has 0 radical (unpaired) electrons. The monoisotopic (exact) mass is 448 g/mol. The van der Waals surface area contributed by atoms with Crippen molar-refractivity contribution in [3.05, 3.63) is 56.9 Å². The number of cyclic esters (lactones) is 1. The summed E-state index contributed by atoms with van der Waals surface area (Å²) in [7, 11) is 0. The first-order chi connectivity index (χ1) is 15.6. The number of esters is 1. The summed E-state index contributed by atoms with van der Waals surface area (Å²) >= 11 is 0. The molecule has 4 heterocycles. The smallest absolute Gasteiger partial charge is 0.343 e. The Morgan fingerprint density at radius 2 is 1.94 bits per heavy atom. The van der Waals surface area contributed by atoms with Crippen molar-refractivity contribution in [3.63, 3.8) is 0 Å². The third-order valence-corrected chi connectivity index (χ3v) is 6.55. The van der Waals surface area contributed by atoms with Gasteiger partial charge in [0.25, 0.3) is 5.56 Å². The standard InChI is InChI=1S/C26H28N2O5/c1-6-15-16-10-14(33-25(3,4)5)8-9-20(16)27-22-17(15)12-28-21(22)11-19-18(23(28)29)13-32-24(30)26(19,31)7-2/h8-11,31H,6-7,12-13H2,1-5H3/t26-/m1/s1. The molecule has 3 aromatic rings. The molecule has 0 bridgehead atoms. The normalized spacial score (nSPS) is 19.2. The number of hydrogen-bond acceptors (Lipinski definition) is 6. The highest BCUT2D eigenvalue weighted by molar-refractivity contribution is 5.90. The molecule has 1 N–H and O–H groups in total. The van der Waals surface area contributed by atoms with E-state index in [2.05, 4.69) is 6.92 Å². The molecule has 1 aromatic carbocycles. The van der Waals surface area contributed by atoms with Crippen molar-refractivity contribution in [1.29, 1.82) is 0 Å². The second kappa shape index (κ2) is 7.15. The van der Waals surface area contributed by atoms with E-state index in [4.69, 9.17) is 14.5 Å². The van der Waals surface area contributed by atoms with E-state index in [1.807, 2.05) is 39.0 Å². The van der Waals surface area contributed by atoms with Crippen LogP contribution in [-0.4, -0.2) is 26.2 Å². The number of aryl methyl sites for hydroxylation is 1. The van der Waals surface area contributed by atoms with Crippen LogP contribution in [0.4, 0.5) is 0 Å². The molecule has 2 aliphatic rings. The summed E-state index contributed by atoms with van der Waals surface area (Å²) in [6.07, 6.45) is 0.889. The molecule has 0 saturated heterocycles. The van der Waals surface area contributed by atoms with Crippen molar-refractivity contribution in [2.24, 2.45) is 0 Å². The lowest BCUT2D eigenvalue weighted by Crippen LogP contribution is -2.44. The van der Waals surface area contributed by atoms with Crippen molar-refractivity contribution in [1.82, 2.24) is 9.55 Å². The molecule has 7 heteroatoms. The second-order valence-electron chi connectivity index (χ2n) is 9.77. The van der Waals surface area contributed by atoms with Crippen LogP contribution < -0.4 is 10.3 Å². The van der Waals surface area contributed by atoms with Crippen LogP contribution in [0.3, 0.4) is 0 Å². The van der Waals surface area contributed by atoms with E-state index in [0.717, 1.165) is 39.9 Å². The van der Waals surface area contributed by atoms with E-state index in [1.54, 1.807) is 17.6 Å². The van der Waals surface area contributed by atoms with Crippen molar-refractivity contribution in [2.45, 2.75) is 71.8 Å². The average molecular weight is 449 g/mol. The molecule has 1 atom stereocenters. The Morgan fingerprint density at radius 3 is 2.61 bits per heavy atom. The number of nitrogens with zero attached hydrogens (tertiary/aromatic N) is 2. The zero-order chi connectivity index (χ0) is 23.7. The van der Waals surface area contributed by atoms with Gasteiger partial charge in [0.15, 0.2) is 5.60 Å². The number of carbonyl (C=O) groups excluding carboxylic acids is 1. The minimum atomic E-state index is -1.82. The SMILES string of the molecule is CCc1c2c(nc3ccc(OC(C)(C)C)cc13)-c1cc3c(c(=O)n1C2)COC(=O)[C@@]3(O)CC. The summed E-state index contributed by atoms with van der Waals surface area (Å²) in [5.41, 5.74) is 2.55. The van der Waals surface area contributed by atoms with Crippen LogP contribution in [0.1, 0.15) is 63.3 Å². The Bertz CT molecular complexity index is 1380. The number of aromatic nitrogens is 2. The number of rotatable bonds is 3. The highest BCUT2D eigenvalue weighted by Gasteiger charge is 2.45. The molecular weight excluding hydrogens is 420 g/mol. The summed E-state index contributed by atoms with van der Waals surface area (Å²) in [6.45, 7) is 10.1. The summed E-state index contributed by atoms with van der Waals surface area (Å²) in [6, 6.07) is 7.62. The molecule has 0 spiro atoms. The molecule has 0 amide bonds. The molecule has 7 nitrogen and oxygen atoms in total. The number of pyridine rings is 2. The number of benzene rings is 1. The van der Waals surface area contributed by atoms with Crippen LogP contribution in [0.15, 0.2) is 29.1 Å². The van der Waals surface area contributed by atoms with Gasteiger partial charge in [-0.1, -0.05) is 13.8 Å². The van der Waals surface area contributed by atoms with Gasteiger partial charge in [-0.25, -0.2) is 9.78 Å². The molecule has 172 valence electrons. The number of aliphatic hydroxyl groups is 1. The fourth-order valence-electron chi connectivity index (χ4n) is 4.96. The number of carbonyl (C=O) groups is 1. The first-order valence-corrected chi connectivity index (χ1v) is 11.4. The van der Waals surface area contributed by atoms with Crippen molar-refractivity contribution in [3.8, 4) is 17.1 Å². The van der Waals surface area contributed by atoms with Crippen molar-refractivity contribution in [2.75, 3.05) is 0 Å². The van der Waals surface area contributed by atoms with Gasteiger partial charge in [0.2, 0.25) is 0 Å². The third kappa shape index (κ3) is 3.17. The number of fused-ring (bicyclic) bond motifs is 5. The van der Waals surface area contributed by atoms with Gasteiger partial charge >= 0.3 is 5.97 Å². The minimum absolute atomic E-state index is 0.122. The topological polar surface area (TPSA) is 90.6 Å². The Kier molecular flexibility index (Phi) is 4.69. The quantitative estimate of drug-likeness (QED) is 0.479. The molecule has 2 aromatic heterocycles. The fraction of sp³-hybridized carbons (Fsp3) is 0.423. The highest BCUT2D eigenvalue weighted by atomic mass is 16.6. The zero-order valence-corrected chi connectivity index (χ0v) is 19.6. The maximum absolute atomic E-state index is 13.4. The van der Waals surface area contributed by atoms with Gasteiger partial charge in [-0.05, 0) is 63.4 Å². The highest BCUT2D eigenvalue weighted by Crippen LogP contribution is 2.40.